The Bertz CT molecular complexity index is 426. The van der Waals surface area contributed by atoms with E-state index in [1.807, 2.05) is 51.1 Å². The molecule has 0 saturated carbocycles. The van der Waals surface area contributed by atoms with Crippen LogP contribution in [0.5, 0.6) is 0 Å². The van der Waals surface area contributed by atoms with Crippen molar-refractivity contribution in [2.45, 2.75) is 39.2 Å². The van der Waals surface area contributed by atoms with E-state index < -0.39 is 0 Å². The molecule has 0 saturated heterocycles. The Morgan fingerprint density at radius 2 is 1.79 bits per heavy atom. The molecule has 0 bridgehead atoms. The van der Waals surface area contributed by atoms with Gasteiger partial charge in [-0.1, -0.05) is 30.3 Å². The molecule has 0 heterocycles. The van der Waals surface area contributed by atoms with Crippen LogP contribution in [0.3, 0.4) is 0 Å². The lowest BCUT2D eigenvalue weighted by molar-refractivity contribution is -0.121. The lowest BCUT2D eigenvalue weighted by Gasteiger charge is -2.23. The standard InChI is InChI=1S/C14H21N3OS/c1-14(2,3)15-13(19)17-16-12(18)10-9-11-7-5-4-6-8-11/h4-8H,9-10H2,1-3H3,(H,16,18)(H2,15,17,19). The first-order chi connectivity index (χ1) is 8.87. The van der Waals surface area contributed by atoms with Gasteiger partial charge in [-0.2, -0.15) is 0 Å². The summed E-state index contributed by atoms with van der Waals surface area (Å²) in [6.07, 6.45) is 1.14. The van der Waals surface area contributed by atoms with Gasteiger partial charge in [-0.05, 0) is 45.0 Å². The third-order valence-electron chi connectivity index (χ3n) is 2.29. The number of amides is 1. The maximum absolute atomic E-state index is 11.6. The fourth-order valence-electron chi connectivity index (χ4n) is 1.46. The van der Waals surface area contributed by atoms with E-state index in [0.717, 1.165) is 5.56 Å². The summed E-state index contributed by atoms with van der Waals surface area (Å²) >= 11 is 5.06. The maximum atomic E-state index is 11.6. The van der Waals surface area contributed by atoms with Gasteiger partial charge in [0.15, 0.2) is 5.11 Å². The van der Waals surface area contributed by atoms with Gasteiger partial charge in [0.05, 0.1) is 0 Å². The second-order valence-electron chi connectivity index (χ2n) is 5.36. The van der Waals surface area contributed by atoms with Gasteiger partial charge >= 0.3 is 0 Å². The van der Waals surface area contributed by atoms with E-state index in [2.05, 4.69) is 16.2 Å². The zero-order chi connectivity index (χ0) is 14.3. The first-order valence-electron chi connectivity index (χ1n) is 6.28. The van der Waals surface area contributed by atoms with Crippen molar-refractivity contribution in [1.29, 1.82) is 0 Å². The topological polar surface area (TPSA) is 53.2 Å². The highest BCUT2D eigenvalue weighted by Gasteiger charge is 2.11. The van der Waals surface area contributed by atoms with Crippen LogP contribution in [0.4, 0.5) is 0 Å². The van der Waals surface area contributed by atoms with E-state index in [1.165, 1.54) is 0 Å². The quantitative estimate of drug-likeness (QED) is 0.584. The number of hydrazine groups is 1. The van der Waals surface area contributed by atoms with Crippen molar-refractivity contribution in [3.8, 4) is 0 Å². The molecule has 0 fully saturated rings. The monoisotopic (exact) mass is 279 g/mol. The van der Waals surface area contributed by atoms with Crippen molar-refractivity contribution in [2.24, 2.45) is 0 Å². The van der Waals surface area contributed by atoms with Crippen LogP contribution in [0.15, 0.2) is 30.3 Å². The Kier molecular flexibility index (Phi) is 5.76. The third kappa shape index (κ3) is 7.41. The first kappa shape index (κ1) is 15.4. The summed E-state index contributed by atoms with van der Waals surface area (Å²) in [6.45, 7) is 5.99. The summed E-state index contributed by atoms with van der Waals surface area (Å²) in [4.78, 5) is 11.6. The van der Waals surface area contributed by atoms with Crippen LogP contribution in [0, 0.1) is 0 Å². The number of rotatable bonds is 3. The van der Waals surface area contributed by atoms with E-state index in [1.54, 1.807) is 0 Å². The summed E-state index contributed by atoms with van der Waals surface area (Å²) in [5.41, 5.74) is 6.30. The molecule has 0 aliphatic heterocycles. The molecule has 1 aromatic rings. The first-order valence-corrected chi connectivity index (χ1v) is 6.68. The third-order valence-corrected chi connectivity index (χ3v) is 2.49. The van der Waals surface area contributed by atoms with Crippen molar-refractivity contribution in [3.05, 3.63) is 35.9 Å². The number of aryl methyl sites for hydroxylation is 1. The van der Waals surface area contributed by atoms with Crippen molar-refractivity contribution >= 4 is 23.2 Å². The number of carbonyl (C=O) groups excluding carboxylic acids is 1. The lowest BCUT2D eigenvalue weighted by atomic mass is 10.1. The van der Waals surface area contributed by atoms with Gasteiger partial charge in [-0.3, -0.25) is 15.6 Å². The molecule has 0 aliphatic carbocycles. The zero-order valence-electron chi connectivity index (χ0n) is 11.6. The minimum atomic E-state index is -0.126. The van der Waals surface area contributed by atoms with Gasteiger partial charge < -0.3 is 5.32 Å². The summed E-state index contributed by atoms with van der Waals surface area (Å²) in [7, 11) is 0. The van der Waals surface area contributed by atoms with Gasteiger partial charge in [0.25, 0.3) is 0 Å². The van der Waals surface area contributed by atoms with Crippen LogP contribution in [0.2, 0.25) is 0 Å². The molecular formula is C14H21N3OS. The van der Waals surface area contributed by atoms with Gasteiger partial charge in [0.1, 0.15) is 0 Å². The molecule has 0 unspecified atom stereocenters. The van der Waals surface area contributed by atoms with E-state index in [9.17, 15) is 4.79 Å². The molecular weight excluding hydrogens is 258 g/mol. The van der Waals surface area contributed by atoms with Crippen molar-refractivity contribution in [3.63, 3.8) is 0 Å². The summed E-state index contributed by atoms with van der Waals surface area (Å²) in [5.74, 6) is -0.0816. The number of nitrogens with one attached hydrogen (secondary N) is 3. The van der Waals surface area contributed by atoms with Crippen LogP contribution >= 0.6 is 12.2 Å². The van der Waals surface area contributed by atoms with Crippen LogP contribution in [-0.2, 0) is 11.2 Å². The molecule has 0 aromatic heterocycles. The fraction of sp³-hybridized carbons (Fsp3) is 0.429. The molecule has 0 aliphatic rings. The van der Waals surface area contributed by atoms with E-state index in [-0.39, 0.29) is 11.4 Å². The second-order valence-corrected chi connectivity index (χ2v) is 5.77. The molecule has 4 nitrogen and oxygen atoms in total. The molecule has 1 aromatic carbocycles. The minimum Gasteiger partial charge on any atom is -0.357 e. The van der Waals surface area contributed by atoms with Crippen LogP contribution in [0.1, 0.15) is 32.8 Å². The highest BCUT2D eigenvalue weighted by molar-refractivity contribution is 7.80. The fourth-order valence-corrected chi connectivity index (χ4v) is 1.82. The van der Waals surface area contributed by atoms with Gasteiger partial charge in [0.2, 0.25) is 5.91 Å². The Morgan fingerprint density at radius 3 is 2.37 bits per heavy atom. The average Bonchev–Trinajstić information content (AvgIpc) is 2.33. The highest BCUT2D eigenvalue weighted by Crippen LogP contribution is 2.01. The molecule has 19 heavy (non-hydrogen) atoms. The van der Waals surface area contributed by atoms with Crippen LogP contribution in [0.25, 0.3) is 0 Å². The van der Waals surface area contributed by atoms with E-state index in [0.29, 0.717) is 18.0 Å². The van der Waals surface area contributed by atoms with Gasteiger partial charge in [-0.25, -0.2) is 0 Å². The molecule has 104 valence electrons. The van der Waals surface area contributed by atoms with Gasteiger partial charge in [0, 0.05) is 12.0 Å². The Balaban J connectivity index is 2.23. The van der Waals surface area contributed by atoms with Gasteiger partial charge in [-0.15, -0.1) is 0 Å². The van der Waals surface area contributed by atoms with Crippen molar-refractivity contribution < 1.29 is 4.79 Å². The molecule has 3 N–H and O–H groups in total. The number of carbonyl (C=O) groups is 1. The minimum absolute atomic E-state index is 0.0816. The van der Waals surface area contributed by atoms with Crippen molar-refractivity contribution in [2.75, 3.05) is 0 Å². The molecule has 1 amide bonds. The van der Waals surface area contributed by atoms with Crippen LogP contribution in [-0.4, -0.2) is 16.6 Å². The molecule has 0 spiro atoms. The molecule has 0 atom stereocenters. The largest absolute Gasteiger partial charge is 0.357 e. The van der Waals surface area contributed by atoms with E-state index in [4.69, 9.17) is 12.2 Å². The normalized spacial score (nSPS) is 10.7. The second kappa shape index (κ2) is 7.09. The van der Waals surface area contributed by atoms with Crippen LogP contribution < -0.4 is 16.2 Å². The predicted molar refractivity (Wildman–Crippen MR) is 81.5 cm³/mol. The van der Waals surface area contributed by atoms with Crippen molar-refractivity contribution in [1.82, 2.24) is 16.2 Å². The van der Waals surface area contributed by atoms with E-state index >= 15 is 0 Å². The lowest BCUT2D eigenvalue weighted by Crippen LogP contribution is -2.52. The Hall–Kier alpha value is -1.62. The summed E-state index contributed by atoms with van der Waals surface area (Å²) in [5, 5.41) is 3.47. The maximum Gasteiger partial charge on any atom is 0.238 e. The number of thiocarbonyl (C=S) groups is 1. The number of hydrogen-bond donors (Lipinski definition) is 3. The summed E-state index contributed by atoms with van der Waals surface area (Å²) < 4.78 is 0. The molecule has 0 radical (unpaired) electrons. The average molecular weight is 279 g/mol. The number of hydrogen-bond acceptors (Lipinski definition) is 2. The summed E-state index contributed by atoms with van der Waals surface area (Å²) in [6, 6.07) is 9.91. The SMILES string of the molecule is CC(C)(C)NC(=S)NNC(=O)CCc1ccccc1. The Morgan fingerprint density at radius 1 is 1.16 bits per heavy atom. The Labute approximate surface area is 119 Å². The smallest absolute Gasteiger partial charge is 0.238 e. The molecule has 5 heteroatoms. The highest BCUT2D eigenvalue weighted by atomic mass is 32.1. The zero-order valence-corrected chi connectivity index (χ0v) is 12.4. The molecule has 1 rings (SSSR count). The number of benzene rings is 1. The predicted octanol–water partition coefficient (Wildman–Crippen LogP) is 1.91.